The molecule has 1 saturated carbocycles. The third-order valence-corrected chi connectivity index (χ3v) is 10.7. The summed E-state index contributed by atoms with van der Waals surface area (Å²) in [4.78, 5) is 33.2. The van der Waals surface area contributed by atoms with E-state index in [1.807, 2.05) is 40.6 Å². The van der Waals surface area contributed by atoms with Gasteiger partial charge in [-0.15, -0.1) is 11.3 Å². The molecule has 0 bridgehead atoms. The van der Waals surface area contributed by atoms with Gasteiger partial charge in [0.05, 0.1) is 11.4 Å². The molecule has 0 unspecified atom stereocenters. The second-order valence-corrected chi connectivity index (χ2v) is 14.0. The van der Waals surface area contributed by atoms with E-state index in [1.165, 1.54) is 41.9 Å². The summed E-state index contributed by atoms with van der Waals surface area (Å²) in [5, 5.41) is 6.04. The van der Waals surface area contributed by atoms with E-state index < -0.39 is 5.92 Å². The minimum absolute atomic E-state index is 0.0306. The van der Waals surface area contributed by atoms with Crippen molar-refractivity contribution in [2.75, 3.05) is 19.6 Å². The first-order valence-electron chi connectivity index (χ1n) is 16.3. The number of thiazole rings is 1. The third kappa shape index (κ3) is 7.55. The lowest BCUT2D eigenvalue weighted by molar-refractivity contribution is -0.131. The number of rotatable bonds is 10. The van der Waals surface area contributed by atoms with Gasteiger partial charge in [0.25, 0.3) is 11.8 Å². The minimum atomic E-state index is -2.90. The maximum absolute atomic E-state index is 13.7. The molecule has 240 valence electrons. The molecule has 1 aliphatic carbocycles. The molecule has 8 heteroatoms. The zero-order valence-electron chi connectivity index (χ0n) is 26.3. The van der Waals surface area contributed by atoms with Crippen molar-refractivity contribution in [2.45, 2.75) is 70.1 Å². The lowest BCUT2D eigenvalue weighted by atomic mass is 9.80. The van der Waals surface area contributed by atoms with Gasteiger partial charge in [0, 0.05) is 43.4 Å². The van der Waals surface area contributed by atoms with Crippen molar-refractivity contribution in [1.82, 2.24) is 15.2 Å². The number of amides is 2. The van der Waals surface area contributed by atoms with Crippen LogP contribution in [0.15, 0.2) is 84.2 Å². The van der Waals surface area contributed by atoms with Gasteiger partial charge in [-0.25, -0.2) is 13.8 Å². The highest BCUT2D eigenvalue weighted by atomic mass is 32.1. The Balaban J connectivity index is 1.02. The first-order chi connectivity index (χ1) is 22.2. The highest BCUT2D eigenvalue weighted by Crippen LogP contribution is 2.40. The Kier molecular flexibility index (Phi) is 9.64. The Labute approximate surface area is 274 Å². The van der Waals surface area contributed by atoms with E-state index in [4.69, 9.17) is 4.98 Å². The molecule has 2 fully saturated rings. The number of benzene rings is 3. The second-order valence-electron chi connectivity index (χ2n) is 13.1. The van der Waals surface area contributed by atoms with Crippen LogP contribution in [0.25, 0.3) is 11.1 Å². The lowest BCUT2D eigenvalue weighted by Crippen LogP contribution is -2.39. The lowest BCUT2D eigenvalue weighted by Gasteiger charge is -2.31. The Bertz CT molecular complexity index is 1630. The fraction of sp³-hybridized carbons (Fsp3) is 0.395. The number of hydrogen-bond donors (Lipinski definition) is 1. The molecule has 2 heterocycles. The predicted octanol–water partition coefficient (Wildman–Crippen LogP) is 8.40. The smallest absolute Gasteiger partial charge is 0.270 e. The van der Waals surface area contributed by atoms with E-state index in [2.05, 4.69) is 29.6 Å². The average molecular weight is 642 g/mol. The maximum Gasteiger partial charge on any atom is 0.270 e. The molecule has 46 heavy (non-hydrogen) atoms. The van der Waals surface area contributed by atoms with Crippen molar-refractivity contribution < 1.29 is 18.4 Å². The van der Waals surface area contributed by atoms with Crippen LogP contribution < -0.4 is 5.32 Å². The number of halogens is 2. The maximum atomic E-state index is 13.7. The number of hydrogen-bond acceptors (Lipinski definition) is 4. The van der Waals surface area contributed by atoms with Gasteiger partial charge in [0.15, 0.2) is 0 Å². The number of alkyl halides is 2. The highest BCUT2D eigenvalue weighted by molar-refractivity contribution is 7.09. The van der Waals surface area contributed by atoms with E-state index in [-0.39, 0.29) is 35.1 Å². The third-order valence-electron chi connectivity index (χ3n) is 9.72. The number of likely N-dealkylation sites (tertiary alicyclic amines) is 1. The van der Waals surface area contributed by atoms with E-state index >= 15 is 0 Å². The van der Waals surface area contributed by atoms with Crippen LogP contribution in [0.3, 0.4) is 0 Å². The zero-order valence-corrected chi connectivity index (χ0v) is 27.1. The zero-order chi connectivity index (χ0) is 32.1. The fourth-order valence-electron chi connectivity index (χ4n) is 7.06. The predicted molar refractivity (Wildman–Crippen MR) is 179 cm³/mol. The molecule has 1 aromatic heterocycles. The van der Waals surface area contributed by atoms with Crippen molar-refractivity contribution in [3.8, 4) is 11.1 Å². The number of aromatic nitrogens is 1. The molecular formula is C38H41F2N3O2S. The molecule has 6 rings (SSSR count). The van der Waals surface area contributed by atoms with Gasteiger partial charge in [-0.1, -0.05) is 91.7 Å². The van der Waals surface area contributed by atoms with Crippen LogP contribution in [0.2, 0.25) is 0 Å². The molecule has 0 radical (unpaired) electrons. The van der Waals surface area contributed by atoms with Gasteiger partial charge in [0.2, 0.25) is 5.91 Å². The Morgan fingerprint density at radius 2 is 1.63 bits per heavy atom. The van der Waals surface area contributed by atoms with Gasteiger partial charge >= 0.3 is 0 Å². The molecule has 5 nitrogen and oxygen atoms in total. The topological polar surface area (TPSA) is 62.3 Å². The SMILES string of the molecule is CC(F)(F)c1ccc(-c2ccccc2CC(=O)N2CCC(c3nc(C(=O)NCC4(Cc5ccccc5)CCCC4)cs3)CC2)cc1. The van der Waals surface area contributed by atoms with Crippen molar-refractivity contribution in [3.63, 3.8) is 0 Å². The molecule has 2 aliphatic rings. The summed E-state index contributed by atoms with van der Waals surface area (Å²) in [6.07, 6.45) is 7.49. The Morgan fingerprint density at radius 1 is 0.957 bits per heavy atom. The van der Waals surface area contributed by atoms with Crippen LogP contribution in [0.5, 0.6) is 0 Å². The molecule has 1 saturated heterocycles. The number of nitrogens with zero attached hydrogens (tertiary/aromatic N) is 2. The molecule has 2 amide bonds. The van der Waals surface area contributed by atoms with E-state index in [9.17, 15) is 18.4 Å². The largest absolute Gasteiger partial charge is 0.350 e. The Hall–Kier alpha value is -3.91. The van der Waals surface area contributed by atoms with E-state index in [0.29, 0.717) is 25.3 Å². The summed E-state index contributed by atoms with van der Waals surface area (Å²) in [6, 6.07) is 24.5. The van der Waals surface area contributed by atoms with Crippen LogP contribution in [0, 0.1) is 5.41 Å². The molecule has 1 N–H and O–H groups in total. The van der Waals surface area contributed by atoms with Crippen LogP contribution in [0.4, 0.5) is 8.78 Å². The van der Waals surface area contributed by atoms with E-state index in [0.717, 1.165) is 60.7 Å². The number of carbonyl (C=O) groups excluding carboxylic acids is 2. The monoisotopic (exact) mass is 641 g/mol. The van der Waals surface area contributed by atoms with Gasteiger partial charge < -0.3 is 10.2 Å². The molecular weight excluding hydrogens is 601 g/mol. The standard InChI is InChI=1S/C38H41F2N3O2S/c1-37(39,40)31-15-13-28(14-16-31)32-12-6-5-11-30(32)23-34(44)43-21-17-29(18-22-43)36-42-33(25-46-36)35(45)41-26-38(19-7-8-20-38)24-27-9-3-2-4-10-27/h2-6,9-16,25,29H,7-8,17-24,26H2,1H3,(H,41,45). The Morgan fingerprint density at radius 3 is 2.33 bits per heavy atom. The summed E-state index contributed by atoms with van der Waals surface area (Å²) >= 11 is 1.54. The molecule has 3 aromatic carbocycles. The quantitative estimate of drug-likeness (QED) is 0.189. The van der Waals surface area contributed by atoms with Gasteiger partial charge in [-0.2, -0.15) is 0 Å². The van der Waals surface area contributed by atoms with Crippen molar-refractivity contribution in [2.24, 2.45) is 5.41 Å². The minimum Gasteiger partial charge on any atom is -0.350 e. The first-order valence-corrected chi connectivity index (χ1v) is 17.2. The van der Waals surface area contributed by atoms with Crippen LogP contribution in [0.1, 0.15) is 83.6 Å². The number of nitrogens with one attached hydrogen (secondary N) is 1. The normalized spacial score (nSPS) is 16.8. The van der Waals surface area contributed by atoms with E-state index in [1.54, 1.807) is 12.1 Å². The molecule has 4 aromatic rings. The highest BCUT2D eigenvalue weighted by Gasteiger charge is 2.35. The second kappa shape index (κ2) is 13.8. The average Bonchev–Trinajstić information content (AvgIpc) is 3.75. The number of piperidine rings is 1. The van der Waals surface area contributed by atoms with Crippen molar-refractivity contribution >= 4 is 23.2 Å². The van der Waals surface area contributed by atoms with Gasteiger partial charge in [-0.3, -0.25) is 9.59 Å². The number of carbonyl (C=O) groups is 2. The summed E-state index contributed by atoms with van der Waals surface area (Å²) in [5.41, 5.74) is 4.45. The van der Waals surface area contributed by atoms with Crippen LogP contribution in [-0.4, -0.2) is 41.3 Å². The van der Waals surface area contributed by atoms with Crippen molar-refractivity contribution in [3.05, 3.63) is 112 Å². The van der Waals surface area contributed by atoms with Crippen LogP contribution >= 0.6 is 11.3 Å². The summed E-state index contributed by atoms with van der Waals surface area (Å²) in [7, 11) is 0. The molecule has 0 atom stereocenters. The van der Waals surface area contributed by atoms with Gasteiger partial charge in [-0.05, 0) is 59.8 Å². The van der Waals surface area contributed by atoms with Crippen molar-refractivity contribution in [1.29, 1.82) is 0 Å². The first kappa shape index (κ1) is 32.0. The molecule has 0 spiro atoms. The van der Waals surface area contributed by atoms with Gasteiger partial charge in [0.1, 0.15) is 5.69 Å². The summed E-state index contributed by atoms with van der Waals surface area (Å²) in [6.45, 7) is 2.82. The fourth-order valence-corrected chi connectivity index (χ4v) is 8.03. The van der Waals surface area contributed by atoms with Crippen LogP contribution in [-0.2, 0) is 23.6 Å². The molecule has 1 aliphatic heterocycles. The summed E-state index contributed by atoms with van der Waals surface area (Å²) < 4.78 is 27.4. The summed E-state index contributed by atoms with van der Waals surface area (Å²) in [5.74, 6) is -2.73.